The van der Waals surface area contributed by atoms with Crippen LogP contribution in [0.1, 0.15) is 58.3 Å². The normalized spacial score (nSPS) is 12.0. The number of halogens is 7. The Kier molecular flexibility index (Phi) is 15.7. The van der Waals surface area contributed by atoms with Crippen LogP contribution < -0.4 is 30.6 Å². The molecule has 0 saturated carbocycles. The molecule has 2 rings (SSSR count). The van der Waals surface area contributed by atoms with E-state index in [-0.39, 0.29) is 25.9 Å². The number of hydrogen-bond donors (Lipinski definition) is 0. The Balaban J connectivity index is 0.00000113. The van der Waals surface area contributed by atoms with Gasteiger partial charge < -0.3 is 9.44 Å². The van der Waals surface area contributed by atoms with Crippen molar-refractivity contribution in [2.75, 3.05) is 6.61 Å². The number of benzene rings is 2. The maximum atomic E-state index is 9.91. The first kappa shape index (κ1) is 30.4. The minimum absolute atomic E-state index is 0. The molecular formula is C22H30F6IOSb. The van der Waals surface area contributed by atoms with Gasteiger partial charge in [0.05, 0.1) is 6.61 Å². The SMILES string of the molecule is CCCCCCCCCCOc1ccc([I+]c2ccccc2)cc1.[F-].[F][Sb]([F])([F])([F])[F]. The minimum atomic E-state index is -9.19. The molecule has 0 atom stereocenters. The van der Waals surface area contributed by atoms with E-state index in [4.69, 9.17) is 4.74 Å². The second-order valence-corrected chi connectivity index (χ2v) is 13.5. The van der Waals surface area contributed by atoms with Gasteiger partial charge in [-0.25, -0.2) is 0 Å². The number of unbranched alkanes of at least 4 members (excludes halogenated alkanes) is 7. The average Bonchev–Trinajstić information content (AvgIpc) is 2.67. The average molecular weight is 673 g/mol. The summed E-state index contributed by atoms with van der Waals surface area (Å²) in [4.78, 5) is 0. The van der Waals surface area contributed by atoms with Crippen molar-refractivity contribution in [3.8, 4) is 5.75 Å². The van der Waals surface area contributed by atoms with Gasteiger partial charge in [-0.1, -0.05) is 70.1 Å². The first-order valence-corrected chi connectivity index (χ1v) is 17.1. The predicted octanol–water partition coefficient (Wildman–Crippen LogP) is 2.06. The Bertz CT molecular complexity index is 676. The third kappa shape index (κ3) is 21.0. The second kappa shape index (κ2) is 16.1. The van der Waals surface area contributed by atoms with Gasteiger partial charge in [0, 0.05) is 0 Å². The van der Waals surface area contributed by atoms with Crippen molar-refractivity contribution in [2.24, 2.45) is 0 Å². The van der Waals surface area contributed by atoms with Crippen LogP contribution in [0.15, 0.2) is 54.6 Å². The van der Waals surface area contributed by atoms with Crippen LogP contribution in [0.2, 0.25) is 0 Å². The molecule has 0 N–H and O–H groups in total. The van der Waals surface area contributed by atoms with Crippen molar-refractivity contribution < 1.29 is 44.7 Å². The van der Waals surface area contributed by atoms with Crippen LogP contribution >= 0.6 is 0 Å². The van der Waals surface area contributed by atoms with Crippen molar-refractivity contribution in [2.45, 2.75) is 58.3 Å². The Labute approximate surface area is 196 Å². The monoisotopic (exact) mass is 672 g/mol. The molecule has 0 aliphatic rings. The molecule has 0 spiro atoms. The summed E-state index contributed by atoms with van der Waals surface area (Å²) in [6.07, 6.45) is 10.7. The topological polar surface area (TPSA) is 9.23 Å². The molecule has 2 aromatic carbocycles. The van der Waals surface area contributed by atoms with Gasteiger partial charge in [-0.2, -0.15) is 0 Å². The second-order valence-electron chi connectivity index (χ2n) is 6.81. The van der Waals surface area contributed by atoms with Crippen LogP contribution in [-0.4, -0.2) is 26.9 Å². The van der Waals surface area contributed by atoms with Crippen molar-refractivity contribution >= 4 is 20.3 Å². The van der Waals surface area contributed by atoms with Crippen molar-refractivity contribution in [1.29, 1.82) is 0 Å². The third-order valence-corrected chi connectivity index (χ3v) is 6.72. The zero-order valence-corrected chi connectivity index (χ0v) is 22.3. The van der Waals surface area contributed by atoms with Crippen LogP contribution in [0.5, 0.6) is 5.75 Å². The summed E-state index contributed by atoms with van der Waals surface area (Å²) in [6.45, 7) is 3.12. The molecule has 0 radical (unpaired) electrons. The van der Waals surface area contributed by atoms with E-state index in [0.29, 0.717) is 0 Å². The van der Waals surface area contributed by atoms with Gasteiger partial charge in [0.15, 0.2) is 7.14 Å². The van der Waals surface area contributed by atoms with Crippen LogP contribution in [-0.2, 0) is 0 Å². The molecule has 0 aromatic heterocycles. The Morgan fingerprint density at radius 2 is 1.13 bits per heavy atom. The van der Waals surface area contributed by atoms with E-state index >= 15 is 0 Å². The summed E-state index contributed by atoms with van der Waals surface area (Å²) < 4.78 is 58.3. The first-order valence-electron chi connectivity index (χ1n) is 10.2. The van der Waals surface area contributed by atoms with E-state index in [9.17, 15) is 14.1 Å². The number of ether oxygens (including phenoxy) is 1. The molecular weight excluding hydrogens is 643 g/mol. The van der Waals surface area contributed by atoms with Crippen LogP contribution in [0.4, 0.5) is 14.1 Å². The fourth-order valence-electron chi connectivity index (χ4n) is 2.62. The summed E-state index contributed by atoms with van der Waals surface area (Å²) in [5.41, 5.74) is 0. The van der Waals surface area contributed by atoms with E-state index in [1.54, 1.807) is 0 Å². The maximum absolute atomic E-state index is 9.91. The number of hydrogen-bond acceptors (Lipinski definition) is 1. The Morgan fingerprint density at radius 3 is 1.65 bits per heavy atom. The fraction of sp³-hybridized carbons (Fsp3) is 0.455. The van der Waals surface area contributed by atoms with E-state index in [2.05, 4.69) is 61.5 Å². The first-order chi connectivity index (χ1) is 14.1. The van der Waals surface area contributed by atoms with Gasteiger partial charge in [0.1, 0.15) is 5.75 Å². The third-order valence-electron chi connectivity index (χ3n) is 4.03. The predicted molar refractivity (Wildman–Crippen MR) is 110 cm³/mol. The zero-order valence-electron chi connectivity index (χ0n) is 17.6. The van der Waals surface area contributed by atoms with Crippen LogP contribution in [0.3, 0.4) is 0 Å². The molecule has 0 bridgehead atoms. The summed E-state index contributed by atoms with van der Waals surface area (Å²) >= 11 is -9.26. The Hall–Kier alpha value is -0.632. The van der Waals surface area contributed by atoms with E-state index in [1.165, 1.54) is 58.5 Å². The van der Waals surface area contributed by atoms with Gasteiger partial charge >= 0.3 is 55.6 Å². The Morgan fingerprint density at radius 1 is 0.677 bits per heavy atom. The molecule has 0 saturated heterocycles. The van der Waals surface area contributed by atoms with E-state index in [0.717, 1.165) is 12.4 Å². The van der Waals surface area contributed by atoms with Gasteiger partial charge in [-0.3, -0.25) is 0 Å². The quantitative estimate of drug-likeness (QED) is 0.145. The molecule has 1 nitrogen and oxygen atoms in total. The molecule has 9 heteroatoms. The van der Waals surface area contributed by atoms with Crippen molar-refractivity contribution in [1.82, 2.24) is 0 Å². The summed E-state index contributed by atoms with van der Waals surface area (Å²) in [7, 11) is 0. The number of rotatable bonds is 12. The molecule has 0 heterocycles. The van der Waals surface area contributed by atoms with E-state index in [1.807, 2.05) is 0 Å². The van der Waals surface area contributed by atoms with Gasteiger partial charge in [0.25, 0.3) is 0 Å². The van der Waals surface area contributed by atoms with Crippen molar-refractivity contribution in [3.63, 3.8) is 0 Å². The van der Waals surface area contributed by atoms with Crippen LogP contribution in [0.25, 0.3) is 0 Å². The van der Waals surface area contributed by atoms with Gasteiger partial charge in [-0.15, -0.1) is 0 Å². The molecule has 31 heavy (non-hydrogen) atoms. The molecule has 0 amide bonds. The summed E-state index contributed by atoms with van der Waals surface area (Å²) in [5, 5.41) is 0. The molecule has 2 aromatic rings. The van der Waals surface area contributed by atoms with Gasteiger partial charge in [-0.05, 0) is 42.8 Å². The van der Waals surface area contributed by atoms with E-state index < -0.39 is 20.3 Å². The van der Waals surface area contributed by atoms with Gasteiger partial charge in [0.2, 0.25) is 0 Å². The standard InChI is InChI=1S/C22H30IO.6FH.Sb/c1-2-3-4-5-6-7-8-12-19-24-22-17-15-21(16-18-22)23-20-13-10-9-11-14-20;;;;;;;/h9-11,13-18H,2-8,12,19H2,1H3;6*1H;/q+1;;;;;;;+5/p-6. The molecule has 0 aliphatic heterocycles. The molecule has 178 valence electrons. The summed E-state index contributed by atoms with van der Waals surface area (Å²) in [5.74, 6) is 1.01. The van der Waals surface area contributed by atoms with Crippen molar-refractivity contribution in [3.05, 3.63) is 61.7 Å². The summed E-state index contributed by atoms with van der Waals surface area (Å²) in [6, 6.07) is 19.5. The molecule has 0 aliphatic carbocycles. The fourth-order valence-corrected chi connectivity index (χ4v) is 4.84. The van der Waals surface area contributed by atoms with Crippen LogP contribution in [0, 0.1) is 7.14 Å². The molecule has 0 fully saturated rings. The zero-order chi connectivity index (χ0) is 22.3. The molecule has 0 unspecified atom stereocenters.